The molecule has 4 heteroatoms. The molecule has 0 aromatic rings. The van der Waals surface area contributed by atoms with Gasteiger partial charge in [-0.1, -0.05) is 0 Å². The molecule has 0 aliphatic rings. The summed E-state index contributed by atoms with van der Waals surface area (Å²) in [5.41, 5.74) is -1.61. The maximum Gasteiger partial charge on any atom is 0.363 e. The Morgan fingerprint density at radius 2 is 2.08 bits per heavy atom. The fourth-order valence-corrected chi connectivity index (χ4v) is 0.686. The largest absolute Gasteiger partial charge is 0.462 e. The lowest BCUT2D eigenvalue weighted by Crippen LogP contribution is -2.39. The molecule has 0 aromatic carbocycles. The van der Waals surface area contributed by atoms with Gasteiger partial charge in [-0.2, -0.15) is 0 Å². The van der Waals surface area contributed by atoms with Gasteiger partial charge in [0.25, 0.3) is 5.60 Å². The van der Waals surface area contributed by atoms with Crippen LogP contribution in [0.3, 0.4) is 0 Å². The minimum absolute atomic E-state index is 0.192. The van der Waals surface area contributed by atoms with Gasteiger partial charge in [-0.05, 0) is 19.8 Å². The normalized spacial score (nSPS) is 13.7. The van der Waals surface area contributed by atoms with Crippen LogP contribution in [-0.4, -0.2) is 24.1 Å². The lowest BCUT2D eigenvalue weighted by Gasteiger charge is -2.20. The average Bonchev–Trinajstić information content (AvgIpc) is 2.03. The van der Waals surface area contributed by atoms with E-state index in [1.807, 2.05) is 0 Å². The zero-order valence-corrected chi connectivity index (χ0v) is 7.92. The van der Waals surface area contributed by atoms with Crippen LogP contribution in [0, 0.1) is 12.3 Å². The van der Waals surface area contributed by atoms with Gasteiger partial charge in [-0.25, -0.2) is 4.79 Å². The Morgan fingerprint density at radius 1 is 1.54 bits per heavy atom. The van der Waals surface area contributed by atoms with Gasteiger partial charge in [-0.3, -0.25) is 4.79 Å². The van der Waals surface area contributed by atoms with E-state index in [9.17, 15) is 9.59 Å². The van der Waals surface area contributed by atoms with Crippen molar-refractivity contribution in [3.63, 3.8) is 0 Å². The zero-order valence-electron chi connectivity index (χ0n) is 7.92. The van der Waals surface area contributed by atoms with Crippen LogP contribution in [0.1, 0.15) is 20.8 Å². The molecule has 0 amide bonds. The summed E-state index contributed by atoms with van der Waals surface area (Å²) in [6.45, 7) is 4.32. The van der Waals surface area contributed by atoms with Crippen LogP contribution in [0.5, 0.6) is 0 Å². The van der Waals surface area contributed by atoms with Gasteiger partial charge < -0.3 is 9.47 Å². The number of terminal acetylenes is 1. The van der Waals surface area contributed by atoms with Crippen molar-refractivity contribution in [3.8, 4) is 12.3 Å². The van der Waals surface area contributed by atoms with Gasteiger partial charge in [-0.15, -0.1) is 6.42 Å². The van der Waals surface area contributed by atoms with Crippen LogP contribution < -0.4 is 0 Å². The van der Waals surface area contributed by atoms with Crippen molar-refractivity contribution in [2.24, 2.45) is 0 Å². The van der Waals surface area contributed by atoms with Gasteiger partial charge in [0.2, 0.25) is 0 Å². The summed E-state index contributed by atoms with van der Waals surface area (Å²) in [7, 11) is 0. The van der Waals surface area contributed by atoms with Crippen LogP contribution in [0.2, 0.25) is 0 Å². The first kappa shape index (κ1) is 11.5. The molecule has 0 saturated heterocycles. The molecule has 72 valence electrons. The van der Waals surface area contributed by atoms with Crippen molar-refractivity contribution in [1.82, 2.24) is 0 Å². The highest BCUT2D eigenvalue weighted by Crippen LogP contribution is 2.11. The molecule has 1 atom stereocenters. The standard InChI is InChI=1S/C9H12O4/c1-5-9(4,13-7(3)10)8(11)12-6-2/h1H,6H2,2-4H3. The minimum atomic E-state index is -1.61. The van der Waals surface area contributed by atoms with Crippen LogP contribution in [0.25, 0.3) is 0 Å². The average molecular weight is 184 g/mol. The monoisotopic (exact) mass is 184 g/mol. The summed E-state index contributed by atoms with van der Waals surface area (Å²) in [5.74, 6) is 0.731. The molecule has 0 saturated carbocycles. The quantitative estimate of drug-likeness (QED) is 0.473. The maximum atomic E-state index is 11.2. The Labute approximate surface area is 77.2 Å². The number of esters is 2. The van der Waals surface area contributed by atoms with Crippen LogP contribution >= 0.6 is 0 Å². The predicted octanol–water partition coefficient (Wildman–Crippen LogP) is 0.504. The topological polar surface area (TPSA) is 52.6 Å². The van der Waals surface area contributed by atoms with Gasteiger partial charge >= 0.3 is 11.9 Å². The molecule has 13 heavy (non-hydrogen) atoms. The highest BCUT2D eigenvalue weighted by molar-refractivity contribution is 5.86. The van der Waals surface area contributed by atoms with E-state index in [2.05, 4.69) is 15.4 Å². The molecule has 1 unspecified atom stereocenters. The molecule has 0 N–H and O–H groups in total. The van der Waals surface area contributed by atoms with E-state index >= 15 is 0 Å². The van der Waals surface area contributed by atoms with E-state index in [-0.39, 0.29) is 6.61 Å². The first-order valence-electron chi connectivity index (χ1n) is 3.81. The van der Waals surface area contributed by atoms with Crippen molar-refractivity contribution in [1.29, 1.82) is 0 Å². The number of hydrogen-bond acceptors (Lipinski definition) is 4. The van der Waals surface area contributed by atoms with E-state index in [0.29, 0.717) is 0 Å². The van der Waals surface area contributed by atoms with Crippen molar-refractivity contribution in [2.45, 2.75) is 26.4 Å². The Bertz CT molecular complexity index is 251. The SMILES string of the molecule is C#CC(C)(OC(C)=O)C(=O)OCC. The first-order chi connectivity index (χ1) is 5.96. The molecule has 0 aliphatic carbocycles. The number of ether oxygens (including phenoxy) is 2. The van der Waals surface area contributed by atoms with Gasteiger partial charge in [0.1, 0.15) is 0 Å². The van der Waals surface area contributed by atoms with Crippen molar-refractivity contribution in [2.75, 3.05) is 6.61 Å². The predicted molar refractivity (Wildman–Crippen MR) is 45.6 cm³/mol. The second-order valence-corrected chi connectivity index (χ2v) is 2.49. The molecule has 0 heterocycles. The van der Waals surface area contributed by atoms with Crippen molar-refractivity contribution in [3.05, 3.63) is 0 Å². The molecule has 0 fully saturated rings. The summed E-state index contributed by atoms with van der Waals surface area (Å²) in [5, 5.41) is 0. The van der Waals surface area contributed by atoms with E-state index < -0.39 is 17.5 Å². The summed E-state index contributed by atoms with van der Waals surface area (Å²) >= 11 is 0. The highest BCUT2D eigenvalue weighted by atomic mass is 16.6. The number of carbonyl (C=O) groups is 2. The minimum Gasteiger partial charge on any atom is -0.462 e. The molecule has 0 aliphatic heterocycles. The summed E-state index contributed by atoms with van der Waals surface area (Å²) in [6, 6.07) is 0. The fourth-order valence-electron chi connectivity index (χ4n) is 0.686. The smallest absolute Gasteiger partial charge is 0.363 e. The highest BCUT2D eigenvalue weighted by Gasteiger charge is 2.36. The van der Waals surface area contributed by atoms with E-state index in [4.69, 9.17) is 6.42 Å². The van der Waals surface area contributed by atoms with Crippen molar-refractivity contribution < 1.29 is 19.1 Å². The van der Waals surface area contributed by atoms with Crippen molar-refractivity contribution >= 4 is 11.9 Å². The Hall–Kier alpha value is -1.50. The van der Waals surface area contributed by atoms with Gasteiger partial charge in [0.15, 0.2) is 0 Å². The molecule has 0 radical (unpaired) electrons. The second-order valence-electron chi connectivity index (χ2n) is 2.49. The Kier molecular flexibility index (Phi) is 3.99. The molecular formula is C9H12O4. The zero-order chi connectivity index (χ0) is 10.5. The third kappa shape index (κ3) is 3.16. The second kappa shape index (κ2) is 4.51. The maximum absolute atomic E-state index is 11.2. The van der Waals surface area contributed by atoms with Crippen LogP contribution in [0.15, 0.2) is 0 Å². The van der Waals surface area contributed by atoms with Gasteiger partial charge in [0.05, 0.1) is 6.61 Å². The molecule has 4 nitrogen and oxygen atoms in total. The third-order valence-corrected chi connectivity index (χ3v) is 1.29. The Balaban J connectivity index is 4.55. The van der Waals surface area contributed by atoms with E-state index in [1.165, 1.54) is 13.8 Å². The number of rotatable bonds is 3. The molecular weight excluding hydrogens is 172 g/mol. The lowest BCUT2D eigenvalue weighted by molar-refractivity contribution is -0.172. The molecule has 0 spiro atoms. The third-order valence-electron chi connectivity index (χ3n) is 1.29. The van der Waals surface area contributed by atoms with Gasteiger partial charge in [0, 0.05) is 6.92 Å². The fraction of sp³-hybridized carbons (Fsp3) is 0.556. The Morgan fingerprint density at radius 3 is 2.38 bits per heavy atom. The van der Waals surface area contributed by atoms with Crippen LogP contribution in [-0.2, 0) is 19.1 Å². The van der Waals surface area contributed by atoms with Crippen LogP contribution in [0.4, 0.5) is 0 Å². The summed E-state index contributed by atoms with van der Waals surface area (Å²) in [4.78, 5) is 21.8. The summed E-state index contributed by atoms with van der Waals surface area (Å²) in [6.07, 6.45) is 5.06. The lowest BCUT2D eigenvalue weighted by atomic mass is 10.1. The first-order valence-corrected chi connectivity index (χ1v) is 3.81. The summed E-state index contributed by atoms with van der Waals surface area (Å²) < 4.78 is 9.29. The molecule has 0 aromatic heterocycles. The number of carbonyl (C=O) groups excluding carboxylic acids is 2. The molecule has 0 bridgehead atoms. The van der Waals surface area contributed by atoms with E-state index in [1.54, 1.807) is 6.92 Å². The van der Waals surface area contributed by atoms with E-state index in [0.717, 1.165) is 0 Å². The molecule has 0 rings (SSSR count). The number of hydrogen-bond donors (Lipinski definition) is 0.